The average molecular weight is 577 g/mol. The van der Waals surface area contributed by atoms with Crippen LogP contribution in [0.25, 0.3) is 22.3 Å². The van der Waals surface area contributed by atoms with Crippen molar-refractivity contribution >= 4 is 0 Å². The van der Waals surface area contributed by atoms with E-state index in [4.69, 9.17) is 4.74 Å². The molecule has 0 aromatic heterocycles. The standard InChI is InChI=1S/C38H47F3O/c1-3-5-7-9-10-11-12-14-28-16-25-36(42-27-28)34-24-22-32(26-35(34)39)29-17-19-30(20-18-29)33-23-21-31(37(40)38(33)41)15-13-8-6-4-2/h8,13,17-24,26,28,36H,3-7,9-12,14-16,25,27H2,1-2H3/b13-8-. The Morgan fingerprint density at radius 1 is 0.714 bits per heavy atom. The van der Waals surface area contributed by atoms with Gasteiger partial charge in [0.1, 0.15) is 5.82 Å². The van der Waals surface area contributed by atoms with Crippen LogP contribution in [0, 0.1) is 23.4 Å². The van der Waals surface area contributed by atoms with Crippen molar-refractivity contribution in [3.05, 3.63) is 95.3 Å². The maximum Gasteiger partial charge on any atom is 0.166 e. The smallest absolute Gasteiger partial charge is 0.166 e. The normalized spacial score (nSPS) is 17.3. The molecule has 0 saturated carbocycles. The van der Waals surface area contributed by atoms with Crippen LogP contribution in [0.3, 0.4) is 0 Å². The second-order valence-electron chi connectivity index (χ2n) is 11.9. The molecule has 4 rings (SSSR count). The van der Waals surface area contributed by atoms with E-state index in [-0.39, 0.29) is 17.5 Å². The maximum atomic E-state index is 15.2. The maximum absolute atomic E-state index is 15.2. The SMILES string of the molecule is CCC/C=C\Cc1ccc(-c2ccc(-c3ccc(C4CCC(CCCCCCCCC)CO4)c(F)c3)cc2)c(F)c1F. The molecule has 0 N–H and O–H groups in total. The summed E-state index contributed by atoms with van der Waals surface area (Å²) in [6.07, 6.45) is 18.4. The third-order valence-electron chi connectivity index (χ3n) is 8.58. The monoisotopic (exact) mass is 576 g/mol. The van der Waals surface area contributed by atoms with Gasteiger partial charge in [0.05, 0.1) is 12.7 Å². The number of unbranched alkanes of at least 4 members (excludes halogenated alkanes) is 7. The molecule has 3 aromatic rings. The Kier molecular flexibility index (Phi) is 12.8. The lowest BCUT2D eigenvalue weighted by molar-refractivity contribution is -0.0215. The van der Waals surface area contributed by atoms with Crippen molar-refractivity contribution in [3.63, 3.8) is 0 Å². The van der Waals surface area contributed by atoms with E-state index in [1.54, 1.807) is 30.3 Å². The zero-order valence-electron chi connectivity index (χ0n) is 25.4. The van der Waals surface area contributed by atoms with E-state index in [1.807, 2.05) is 36.4 Å². The molecule has 4 heteroatoms. The molecule has 0 aliphatic carbocycles. The van der Waals surface area contributed by atoms with Crippen LogP contribution in [-0.2, 0) is 11.2 Å². The zero-order chi connectivity index (χ0) is 29.7. The van der Waals surface area contributed by atoms with Crippen molar-refractivity contribution in [1.82, 2.24) is 0 Å². The topological polar surface area (TPSA) is 9.23 Å². The van der Waals surface area contributed by atoms with Gasteiger partial charge in [0.15, 0.2) is 11.6 Å². The van der Waals surface area contributed by atoms with Crippen LogP contribution in [0.1, 0.15) is 108 Å². The Labute approximate surface area is 251 Å². The van der Waals surface area contributed by atoms with Gasteiger partial charge in [-0.1, -0.05) is 126 Å². The zero-order valence-corrected chi connectivity index (χ0v) is 25.4. The van der Waals surface area contributed by atoms with Crippen molar-refractivity contribution in [2.45, 2.75) is 103 Å². The summed E-state index contributed by atoms with van der Waals surface area (Å²) in [4.78, 5) is 0. The molecule has 1 heterocycles. The third-order valence-corrected chi connectivity index (χ3v) is 8.58. The number of allylic oxidation sites excluding steroid dienone is 2. The van der Waals surface area contributed by atoms with Gasteiger partial charge in [-0.15, -0.1) is 0 Å². The van der Waals surface area contributed by atoms with E-state index in [1.165, 1.54) is 51.4 Å². The van der Waals surface area contributed by atoms with Gasteiger partial charge in [0, 0.05) is 11.1 Å². The van der Waals surface area contributed by atoms with Crippen molar-refractivity contribution in [2.24, 2.45) is 5.92 Å². The van der Waals surface area contributed by atoms with Crippen molar-refractivity contribution in [2.75, 3.05) is 6.61 Å². The van der Waals surface area contributed by atoms with Gasteiger partial charge in [-0.05, 0) is 66.3 Å². The summed E-state index contributed by atoms with van der Waals surface area (Å²) in [6.45, 7) is 5.03. The van der Waals surface area contributed by atoms with Gasteiger partial charge >= 0.3 is 0 Å². The third kappa shape index (κ3) is 8.83. The number of hydrogen-bond acceptors (Lipinski definition) is 1. The molecular formula is C38H47F3O. The first-order chi connectivity index (χ1) is 20.5. The first-order valence-corrected chi connectivity index (χ1v) is 16.2. The Hall–Kier alpha value is -2.85. The van der Waals surface area contributed by atoms with E-state index < -0.39 is 11.6 Å². The van der Waals surface area contributed by atoms with E-state index in [9.17, 15) is 8.78 Å². The van der Waals surface area contributed by atoms with Crippen molar-refractivity contribution < 1.29 is 17.9 Å². The highest BCUT2D eigenvalue weighted by Gasteiger charge is 2.25. The lowest BCUT2D eigenvalue weighted by Crippen LogP contribution is -2.21. The average Bonchev–Trinajstić information content (AvgIpc) is 3.01. The number of benzene rings is 3. The molecule has 0 spiro atoms. The molecule has 1 fully saturated rings. The van der Waals surface area contributed by atoms with E-state index in [0.29, 0.717) is 35.6 Å². The Balaban J connectivity index is 1.32. The van der Waals surface area contributed by atoms with Crippen LogP contribution in [-0.4, -0.2) is 6.61 Å². The molecule has 226 valence electrons. The second-order valence-corrected chi connectivity index (χ2v) is 11.9. The van der Waals surface area contributed by atoms with Crippen LogP contribution in [0.5, 0.6) is 0 Å². The Bertz CT molecular complexity index is 1270. The molecule has 0 bridgehead atoms. The minimum Gasteiger partial charge on any atom is -0.373 e. The highest BCUT2D eigenvalue weighted by atomic mass is 19.2. The molecule has 42 heavy (non-hydrogen) atoms. The minimum atomic E-state index is -0.836. The van der Waals surface area contributed by atoms with E-state index in [2.05, 4.69) is 13.8 Å². The minimum absolute atomic E-state index is 0.199. The van der Waals surface area contributed by atoms with Crippen LogP contribution >= 0.6 is 0 Å². The molecule has 0 radical (unpaired) electrons. The van der Waals surface area contributed by atoms with Crippen LogP contribution < -0.4 is 0 Å². The number of halogens is 3. The molecule has 0 amide bonds. The second kappa shape index (κ2) is 16.7. The molecule has 2 unspecified atom stereocenters. The summed E-state index contributed by atoms with van der Waals surface area (Å²) < 4.78 is 51.0. The first-order valence-electron chi connectivity index (χ1n) is 16.2. The van der Waals surface area contributed by atoms with Crippen LogP contribution in [0.2, 0.25) is 0 Å². The predicted octanol–water partition coefficient (Wildman–Crippen LogP) is 11.9. The Morgan fingerprint density at radius 2 is 1.43 bits per heavy atom. The fraction of sp³-hybridized carbons (Fsp3) is 0.474. The van der Waals surface area contributed by atoms with Crippen molar-refractivity contribution in [1.29, 1.82) is 0 Å². The molecule has 2 atom stereocenters. The molecule has 1 aliphatic heterocycles. The van der Waals surface area contributed by atoms with Gasteiger partial charge < -0.3 is 4.74 Å². The largest absolute Gasteiger partial charge is 0.373 e. The van der Waals surface area contributed by atoms with E-state index in [0.717, 1.165) is 36.8 Å². The van der Waals surface area contributed by atoms with Gasteiger partial charge in [-0.3, -0.25) is 0 Å². The van der Waals surface area contributed by atoms with Gasteiger partial charge in [-0.25, -0.2) is 13.2 Å². The van der Waals surface area contributed by atoms with Crippen LogP contribution in [0.4, 0.5) is 13.2 Å². The summed E-state index contributed by atoms with van der Waals surface area (Å²) in [7, 11) is 0. The van der Waals surface area contributed by atoms with Gasteiger partial charge in [0.2, 0.25) is 0 Å². The molecule has 1 nitrogen and oxygen atoms in total. The molecule has 1 saturated heterocycles. The Morgan fingerprint density at radius 3 is 2.12 bits per heavy atom. The van der Waals surface area contributed by atoms with Gasteiger partial charge in [0.25, 0.3) is 0 Å². The summed E-state index contributed by atoms with van der Waals surface area (Å²) in [5.74, 6) is -1.32. The summed E-state index contributed by atoms with van der Waals surface area (Å²) in [5.41, 5.74) is 3.34. The highest BCUT2D eigenvalue weighted by Crippen LogP contribution is 2.36. The number of hydrogen-bond donors (Lipinski definition) is 0. The fourth-order valence-corrected chi connectivity index (χ4v) is 5.94. The summed E-state index contributed by atoms with van der Waals surface area (Å²) >= 11 is 0. The lowest BCUT2D eigenvalue weighted by Gasteiger charge is -2.29. The van der Waals surface area contributed by atoms with Crippen molar-refractivity contribution in [3.8, 4) is 22.3 Å². The first kappa shape index (κ1) is 32.1. The summed E-state index contributed by atoms with van der Waals surface area (Å²) in [5, 5.41) is 0. The number of rotatable bonds is 15. The number of ether oxygens (including phenoxy) is 1. The molecule has 1 aliphatic rings. The molecular weight excluding hydrogens is 529 g/mol. The highest BCUT2D eigenvalue weighted by molar-refractivity contribution is 5.71. The predicted molar refractivity (Wildman–Crippen MR) is 169 cm³/mol. The van der Waals surface area contributed by atoms with Gasteiger partial charge in [-0.2, -0.15) is 0 Å². The molecule has 3 aromatic carbocycles. The van der Waals surface area contributed by atoms with Crippen LogP contribution in [0.15, 0.2) is 66.7 Å². The quantitative estimate of drug-likeness (QED) is 0.129. The van der Waals surface area contributed by atoms with E-state index >= 15 is 4.39 Å². The lowest BCUT2D eigenvalue weighted by atomic mass is 9.90. The fourth-order valence-electron chi connectivity index (χ4n) is 5.94. The summed E-state index contributed by atoms with van der Waals surface area (Å²) in [6, 6.07) is 15.8.